The third kappa shape index (κ3) is 3.43. The number of alkyl halides is 3. The van der Waals surface area contributed by atoms with Crippen molar-refractivity contribution in [3.8, 4) is 0 Å². The SMILES string of the molecule is CNCc1sc(CCOC)nc1C(F)(F)F. The van der Waals surface area contributed by atoms with Crippen LogP contribution in [0.15, 0.2) is 0 Å². The van der Waals surface area contributed by atoms with Gasteiger partial charge in [-0.25, -0.2) is 4.98 Å². The first kappa shape index (κ1) is 13.4. The Morgan fingerprint density at radius 3 is 2.62 bits per heavy atom. The molecule has 16 heavy (non-hydrogen) atoms. The Hall–Kier alpha value is -0.660. The van der Waals surface area contributed by atoms with Crippen molar-refractivity contribution in [3.05, 3.63) is 15.6 Å². The number of nitrogens with zero attached hydrogens (tertiary/aromatic N) is 1. The molecule has 92 valence electrons. The van der Waals surface area contributed by atoms with Gasteiger partial charge in [0.15, 0.2) is 5.69 Å². The Morgan fingerprint density at radius 2 is 2.12 bits per heavy atom. The zero-order valence-corrected chi connectivity index (χ0v) is 9.84. The van der Waals surface area contributed by atoms with Crippen molar-refractivity contribution in [2.45, 2.75) is 19.1 Å². The van der Waals surface area contributed by atoms with Crippen LogP contribution in [0.25, 0.3) is 0 Å². The number of nitrogens with one attached hydrogen (secondary N) is 1. The van der Waals surface area contributed by atoms with Crippen LogP contribution in [0.3, 0.4) is 0 Å². The maximum Gasteiger partial charge on any atom is 0.434 e. The van der Waals surface area contributed by atoms with E-state index in [2.05, 4.69) is 10.3 Å². The minimum Gasteiger partial charge on any atom is -0.384 e. The molecule has 0 amide bonds. The number of halogens is 3. The molecular weight excluding hydrogens is 241 g/mol. The molecule has 3 nitrogen and oxygen atoms in total. The zero-order valence-electron chi connectivity index (χ0n) is 9.02. The van der Waals surface area contributed by atoms with Crippen molar-refractivity contribution in [2.24, 2.45) is 0 Å². The molecule has 0 bridgehead atoms. The third-order valence-electron chi connectivity index (χ3n) is 1.87. The van der Waals surface area contributed by atoms with Crippen LogP contribution in [0.2, 0.25) is 0 Å². The molecule has 1 rings (SSSR count). The molecule has 0 aromatic carbocycles. The average molecular weight is 254 g/mol. The monoisotopic (exact) mass is 254 g/mol. The van der Waals surface area contributed by atoms with Crippen molar-refractivity contribution in [3.63, 3.8) is 0 Å². The van der Waals surface area contributed by atoms with Gasteiger partial charge in [0.2, 0.25) is 0 Å². The normalized spacial score (nSPS) is 12.1. The Balaban J connectivity index is 2.91. The first-order chi connectivity index (χ1) is 7.49. The maximum absolute atomic E-state index is 12.6. The van der Waals surface area contributed by atoms with E-state index in [4.69, 9.17) is 4.74 Å². The Labute approximate surface area is 95.6 Å². The van der Waals surface area contributed by atoms with Crippen molar-refractivity contribution in [2.75, 3.05) is 20.8 Å². The quantitative estimate of drug-likeness (QED) is 0.873. The molecule has 1 N–H and O–H groups in total. The Morgan fingerprint density at radius 1 is 1.44 bits per heavy atom. The molecule has 0 aliphatic carbocycles. The fourth-order valence-electron chi connectivity index (χ4n) is 1.20. The van der Waals surface area contributed by atoms with E-state index in [0.29, 0.717) is 18.0 Å². The summed E-state index contributed by atoms with van der Waals surface area (Å²) in [6.45, 7) is 0.559. The zero-order chi connectivity index (χ0) is 12.2. The van der Waals surface area contributed by atoms with E-state index in [0.717, 1.165) is 11.3 Å². The van der Waals surface area contributed by atoms with Crippen molar-refractivity contribution in [1.82, 2.24) is 10.3 Å². The van der Waals surface area contributed by atoms with Gasteiger partial charge in [-0.2, -0.15) is 13.2 Å². The van der Waals surface area contributed by atoms with E-state index in [-0.39, 0.29) is 11.4 Å². The molecule has 0 atom stereocenters. The van der Waals surface area contributed by atoms with Gasteiger partial charge in [0.05, 0.1) is 16.5 Å². The highest BCUT2D eigenvalue weighted by Gasteiger charge is 2.37. The van der Waals surface area contributed by atoms with Crippen LogP contribution in [0.5, 0.6) is 0 Å². The van der Waals surface area contributed by atoms with Crippen LogP contribution >= 0.6 is 11.3 Å². The van der Waals surface area contributed by atoms with Gasteiger partial charge in [0.1, 0.15) is 0 Å². The molecule has 1 aromatic heterocycles. The molecule has 0 spiro atoms. The average Bonchev–Trinajstić information content (AvgIpc) is 2.58. The van der Waals surface area contributed by atoms with Crippen molar-refractivity contribution in [1.29, 1.82) is 0 Å². The third-order valence-corrected chi connectivity index (χ3v) is 2.98. The number of thiazole rings is 1. The topological polar surface area (TPSA) is 34.1 Å². The highest BCUT2D eigenvalue weighted by Crippen LogP contribution is 2.34. The highest BCUT2D eigenvalue weighted by molar-refractivity contribution is 7.11. The minimum atomic E-state index is -4.38. The van der Waals surface area contributed by atoms with E-state index < -0.39 is 11.9 Å². The van der Waals surface area contributed by atoms with Gasteiger partial charge in [0.25, 0.3) is 0 Å². The van der Waals surface area contributed by atoms with E-state index in [9.17, 15) is 13.2 Å². The number of rotatable bonds is 5. The number of methoxy groups -OCH3 is 1. The molecule has 0 radical (unpaired) electrons. The summed E-state index contributed by atoms with van der Waals surface area (Å²) in [5, 5.41) is 3.16. The number of hydrogen-bond acceptors (Lipinski definition) is 4. The summed E-state index contributed by atoms with van der Waals surface area (Å²) in [6.07, 6.45) is -3.97. The van der Waals surface area contributed by atoms with Gasteiger partial charge in [-0.3, -0.25) is 0 Å². The first-order valence-electron chi connectivity index (χ1n) is 4.68. The molecule has 0 fully saturated rings. The van der Waals surface area contributed by atoms with Gasteiger partial charge in [-0.15, -0.1) is 11.3 Å². The van der Waals surface area contributed by atoms with Crippen molar-refractivity contribution < 1.29 is 17.9 Å². The summed E-state index contributed by atoms with van der Waals surface area (Å²) >= 11 is 1.08. The molecule has 7 heteroatoms. The lowest BCUT2D eigenvalue weighted by atomic mass is 10.3. The summed E-state index contributed by atoms with van der Waals surface area (Å²) < 4.78 is 42.6. The highest BCUT2D eigenvalue weighted by atomic mass is 32.1. The van der Waals surface area contributed by atoms with Crippen LogP contribution in [-0.2, 0) is 23.9 Å². The van der Waals surface area contributed by atoms with Crippen LogP contribution < -0.4 is 5.32 Å². The van der Waals surface area contributed by atoms with Crippen molar-refractivity contribution >= 4 is 11.3 Å². The van der Waals surface area contributed by atoms with Gasteiger partial charge in [-0.1, -0.05) is 0 Å². The predicted octanol–water partition coefficient (Wildman–Crippen LogP) is 2.07. The molecule has 0 unspecified atom stereocenters. The molecule has 1 aromatic rings. The van der Waals surface area contributed by atoms with Crippen LogP contribution in [0.1, 0.15) is 15.6 Å². The lowest BCUT2D eigenvalue weighted by molar-refractivity contribution is -0.141. The molecule has 0 saturated carbocycles. The van der Waals surface area contributed by atoms with E-state index in [1.807, 2.05) is 0 Å². The van der Waals surface area contributed by atoms with Gasteiger partial charge < -0.3 is 10.1 Å². The Kier molecular flexibility index (Phi) is 4.69. The lowest BCUT2D eigenvalue weighted by Crippen LogP contribution is -2.12. The van der Waals surface area contributed by atoms with Gasteiger partial charge >= 0.3 is 6.18 Å². The van der Waals surface area contributed by atoms with Crippen LogP contribution in [0, 0.1) is 0 Å². The smallest absolute Gasteiger partial charge is 0.384 e. The van der Waals surface area contributed by atoms with Gasteiger partial charge in [-0.05, 0) is 7.05 Å². The summed E-state index contributed by atoms with van der Waals surface area (Å²) in [7, 11) is 3.11. The van der Waals surface area contributed by atoms with Crippen LogP contribution in [0.4, 0.5) is 13.2 Å². The molecular formula is C9H13F3N2OS. The Bertz CT molecular complexity index is 338. The fourth-order valence-corrected chi connectivity index (χ4v) is 2.28. The van der Waals surface area contributed by atoms with E-state index in [1.165, 1.54) is 7.11 Å². The number of hydrogen-bond donors (Lipinski definition) is 1. The summed E-state index contributed by atoms with van der Waals surface area (Å²) in [5.41, 5.74) is -0.780. The fraction of sp³-hybridized carbons (Fsp3) is 0.667. The molecule has 0 saturated heterocycles. The molecule has 1 heterocycles. The second-order valence-corrected chi connectivity index (χ2v) is 4.32. The maximum atomic E-state index is 12.6. The standard InChI is InChI=1S/C9H13F3N2OS/c1-13-5-6-8(9(10,11)12)14-7(16-6)3-4-15-2/h13H,3-5H2,1-2H3. The van der Waals surface area contributed by atoms with E-state index >= 15 is 0 Å². The predicted molar refractivity (Wildman–Crippen MR) is 55.5 cm³/mol. The second kappa shape index (κ2) is 5.60. The van der Waals surface area contributed by atoms with Gasteiger partial charge in [0, 0.05) is 20.1 Å². The number of ether oxygens (including phenoxy) is 1. The molecule has 0 aliphatic heterocycles. The summed E-state index contributed by atoms with van der Waals surface area (Å²) in [5.74, 6) is 0. The van der Waals surface area contributed by atoms with Crippen LogP contribution in [-0.4, -0.2) is 25.7 Å². The summed E-state index contributed by atoms with van der Waals surface area (Å²) in [6, 6.07) is 0. The largest absolute Gasteiger partial charge is 0.434 e. The summed E-state index contributed by atoms with van der Waals surface area (Å²) in [4.78, 5) is 3.83. The lowest BCUT2D eigenvalue weighted by Gasteiger charge is -2.04. The second-order valence-electron chi connectivity index (χ2n) is 3.15. The molecule has 0 aliphatic rings. The first-order valence-corrected chi connectivity index (χ1v) is 5.50. The van der Waals surface area contributed by atoms with E-state index in [1.54, 1.807) is 7.05 Å². The number of aromatic nitrogens is 1. The minimum absolute atomic E-state index is 0.180.